The number of phosphoric ester groups is 1. The Labute approximate surface area is 319 Å². The summed E-state index contributed by atoms with van der Waals surface area (Å²) < 4.78 is 22.0. The molecule has 52 heavy (non-hydrogen) atoms. The zero-order valence-corrected chi connectivity index (χ0v) is 34.3. The molecule has 0 spiro atoms. The van der Waals surface area contributed by atoms with E-state index in [4.69, 9.17) is 14.8 Å². The summed E-state index contributed by atoms with van der Waals surface area (Å²) in [5, 5.41) is 23.9. The number of unbranched alkanes of at least 4 members (excludes halogenated alkanes) is 21. The summed E-state index contributed by atoms with van der Waals surface area (Å²) in [6.07, 6.45) is 41.0. The minimum Gasteiger partial charge on any atom is -0.393 e. The average Bonchev–Trinajstić information content (AvgIpc) is 3.12. The molecule has 0 aliphatic heterocycles. The molecule has 1 amide bonds. The Morgan fingerprint density at radius 2 is 1.10 bits per heavy atom. The van der Waals surface area contributed by atoms with Crippen LogP contribution in [-0.4, -0.2) is 59.0 Å². The van der Waals surface area contributed by atoms with Crippen LogP contribution in [0, 0.1) is 0 Å². The molecule has 6 N–H and O–H groups in total. The van der Waals surface area contributed by atoms with Crippen LogP contribution in [0.4, 0.5) is 0 Å². The molecule has 0 aliphatic rings. The second kappa shape index (κ2) is 38.0. The average molecular weight is 757 g/mol. The van der Waals surface area contributed by atoms with E-state index in [0.29, 0.717) is 12.8 Å². The number of nitrogens with two attached hydrogens (primary N) is 1. The predicted molar refractivity (Wildman–Crippen MR) is 218 cm³/mol. The van der Waals surface area contributed by atoms with E-state index >= 15 is 0 Å². The highest BCUT2D eigenvalue weighted by molar-refractivity contribution is 7.47. The van der Waals surface area contributed by atoms with Crippen molar-refractivity contribution >= 4 is 13.7 Å². The van der Waals surface area contributed by atoms with Crippen LogP contribution in [0.15, 0.2) is 36.5 Å². The number of aliphatic hydroxyl groups excluding tert-OH is 2. The van der Waals surface area contributed by atoms with Gasteiger partial charge < -0.3 is 26.2 Å². The van der Waals surface area contributed by atoms with Crippen LogP contribution in [0.2, 0.25) is 0 Å². The maximum atomic E-state index is 12.7. The Morgan fingerprint density at radius 1 is 0.654 bits per heavy atom. The van der Waals surface area contributed by atoms with Gasteiger partial charge in [-0.05, 0) is 44.9 Å². The second-order valence-electron chi connectivity index (χ2n) is 14.4. The fourth-order valence-corrected chi connectivity index (χ4v) is 6.79. The highest BCUT2D eigenvalue weighted by atomic mass is 31.2. The summed E-state index contributed by atoms with van der Waals surface area (Å²) in [6.45, 7) is 3.92. The number of rotatable bonds is 39. The molecule has 0 aromatic carbocycles. The third kappa shape index (κ3) is 35.7. The molecule has 10 heteroatoms. The van der Waals surface area contributed by atoms with Crippen molar-refractivity contribution in [3.8, 4) is 0 Å². The van der Waals surface area contributed by atoms with Crippen molar-refractivity contribution < 1.29 is 33.5 Å². The molecule has 0 fully saturated rings. The normalized spacial score (nSPS) is 15.1. The number of phosphoric acid groups is 1. The van der Waals surface area contributed by atoms with Crippen LogP contribution >= 0.6 is 7.82 Å². The van der Waals surface area contributed by atoms with Gasteiger partial charge in [0.1, 0.15) is 0 Å². The minimum absolute atomic E-state index is 0.0426. The Kier molecular flexibility index (Phi) is 37.0. The van der Waals surface area contributed by atoms with Crippen LogP contribution in [0.3, 0.4) is 0 Å². The van der Waals surface area contributed by atoms with Gasteiger partial charge in [-0.1, -0.05) is 172 Å². The van der Waals surface area contributed by atoms with E-state index in [-0.39, 0.29) is 19.6 Å². The standard InChI is InChI=1S/C42H81N2O7P/c1-3-5-7-9-11-13-15-16-17-18-19-20-21-22-23-24-26-28-30-32-34-41(46)40(38-51-52(48,49)50-36-35-43)44-42(47)37-39(45)33-31-29-27-25-14-12-10-8-6-4-2/h20-21,24,26,32,34,39-41,45-46H,3-19,22-23,25,27-31,33,35-38,43H2,1-2H3,(H,44,47)(H,48,49)/b21-20+,26-24+,34-32+. The van der Waals surface area contributed by atoms with Gasteiger partial charge in [0.05, 0.1) is 37.9 Å². The number of carbonyl (C=O) groups is 1. The van der Waals surface area contributed by atoms with E-state index in [1.807, 2.05) is 6.08 Å². The molecule has 0 aromatic rings. The summed E-state index contributed by atoms with van der Waals surface area (Å²) in [4.78, 5) is 22.7. The van der Waals surface area contributed by atoms with Crippen molar-refractivity contribution in [2.75, 3.05) is 19.8 Å². The molecule has 0 bridgehead atoms. The van der Waals surface area contributed by atoms with Crippen molar-refractivity contribution in [2.45, 2.75) is 205 Å². The SMILES string of the molecule is CCCCCCCCCCCC/C=C/CC/C=C/CC/C=C/C(O)C(COP(=O)(O)OCCN)NC(=O)CC(O)CCCCCCCCCCCC. The lowest BCUT2D eigenvalue weighted by Crippen LogP contribution is -2.46. The molecule has 0 rings (SSSR count). The first-order valence-corrected chi connectivity index (χ1v) is 22.7. The lowest BCUT2D eigenvalue weighted by Gasteiger charge is -2.24. The number of hydrogen-bond donors (Lipinski definition) is 5. The Balaban J connectivity index is 4.41. The fourth-order valence-electron chi connectivity index (χ4n) is 6.03. The molecule has 0 aliphatic carbocycles. The van der Waals surface area contributed by atoms with E-state index < -0.39 is 38.6 Å². The number of nitrogens with one attached hydrogen (secondary N) is 1. The monoisotopic (exact) mass is 757 g/mol. The lowest BCUT2D eigenvalue weighted by atomic mass is 10.0. The molecule has 4 atom stereocenters. The van der Waals surface area contributed by atoms with E-state index in [2.05, 4.69) is 43.5 Å². The minimum atomic E-state index is -4.41. The lowest BCUT2D eigenvalue weighted by molar-refractivity contribution is -0.124. The zero-order chi connectivity index (χ0) is 38.4. The summed E-state index contributed by atoms with van der Waals surface area (Å²) >= 11 is 0. The maximum Gasteiger partial charge on any atom is 0.472 e. The molecule has 0 radical (unpaired) electrons. The van der Waals surface area contributed by atoms with Gasteiger partial charge in [0.25, 0.3) is 0 Å². The number of amides is 1. The van der Waals surface area contributed by atoms with Gasteiger partial charge in [0.2, 0.25) is 5.91 Å². The highest BCUT2D eigenvalue weighted by Crippen LogP contribution is 2.43. The van der Waals surface area contributed by atoms with Gasteiger partial charge in [-0.15, -0.1) is 0 Å². The van der Waals surface area contributed by atoms with Crippen LogP contribution in [0.1, 0.15) is 187 Å². The molecule has 0 heterocycles. The Hall–Kier alpha value is -1.32. The van der Waals surface area contributed by atoms with E-state index in [0.717, 1.165) is 44.9 Å². The largest absolute Gasteiger partial charge is 0.472 e. The van der Waals surface area contributed by atoms with Crippen molar-refractivity contribution in [3.05, 3.63) is 36.5 Å². The molecule has 306 valence electrons. The second-order valence-corrected chi connectivity index (χ2v) is 15.8. The summed E-state index contributed by atoms with van der Waals surface area (Å²) in [7, 11) is -4.41. The van der Waals surface area contributed by atoms with Gasteiger partial charge in [-0.2, -0.15) is 0 Å². The summed E-state index contributed by atoms with van der Waals surface area (Å²) in [6, 6.07) is -1.00. The highest BCUT2D eigenvalue weighted by Gasteiger charge is 2.27. The molecular formula is C42H81N2O7P. The van der Waals surface area contributed by atoms with Crippen LogP contribution in [-0.2, 0) is 18.4 Å². The third-order valence-corrected chi connectivity index (χ3v) is 10.2. The van der Waals surface area contributed by atoms with Crippen molar-refractivity contribution in [2.24, 2.45) is 5.73 Å². The molecule has 9 nitrogen and oxygen atoms in total. The number of hydrogen-bond acceptors (Lipinski definition) is 7. The third-order valence-electron chi connectivity index (χ3n) is 9.25. The molecular weight excluding hydrogens is 675 g/mol. The molecule has 4 unspecified atom stereocenters. The summed E-state index contributed by atoms with van der Waals surface area (Å²) in [5.41, 5.74) is 5.35. The smallest absolute Gasteiger partial charge is 0.393 e. The van der Waals surface area contributed by atoms with Gasteiger partial charge >= 0.3 is 7.82 Å². The van der Waals surface area contributed by atoms with Crippen LogP contribution in [0.5, 0.6) is 0 Å². The first kappa shape index (κ1) is 50.7. The van der Waals surface area contributed by atoms with Gasteiger partial charge in [0, 0.05) is 6.54 Å². The number of aliphatic hydroxyl groups is 2. The Morgan fingerprint density at radius 3 is 1.60 bits per heavy atom. The molecule has 0 saturated carbocycles. The number of carbonyl (C=O) groups excluding carboxylic acids is 1. The van der Waals surface area contributed by atoms with E-state index in [9.17, 15) is 24.5 Å². The first-order valence-electron chi connectivity index (χ1n) is 21.2. The fraction of sp³-hybridized carbons (Fsp3) is 0.833. The van der Waals surface area contributed by atoms with Gasteiger partial charge in [-0.25, -0.2) is 4.57 Å². The van der Waals surface area contributed by atoms with Crippen LogP contribution < -0.4 is 11.1 Å². The van der Waals surface area contributed by atoms with Crippen molar-refractivity contribution in [3.63, 3.8) is 0 Å². The van der Waals surface area contributed by atoms with Gasteiger partial charge in [-0.3, -0.25) is 13.8 Å². The zero-order valence-electron chi connectivity index (χ0n) is 33.4. The van der Waals surface area contributed by atoms with Crippen molar-refractivity contribution in [1.82, 2.24) is 5.32 Å². The maximum absolute atomic E-state index is 12.7. The topological polar surface area (TPSA) is 151 Å². The number of allylic oxidation sites excluding steroid dienone is 5. The first-order chi connectivity index (χ1) is 25.3. The van der Waals surface area contributed by atoms with Gasteiger partial charge in [0.15, 0.2) is 0 Å². The quantitative estimate of drug-likeness (QED) is 0.0236. The summed E-state index contributed by atoms with van der Waals surface area (Å²) in [5.74, 6) is -0.461. The van der Waals surface area contributed by atoms with E-state index in [1.165, 1.54) is 109 Å². The molecule has 0 saturated heterocycles. The van der Waals surface area contributed by atoms with E-state index in [1.54, 1.807) is 6.08 Å². The molecule has 0 aromatic heterocycles. The van der Waals surface area contributed by atoms with Crippen LogP contribution in [0.25, 0.3) is 0 Å². The predicted octanol–water partition coefficient (Wildman–Crippen LogP) is 10.5. The van der Waals surface area contributed by atoms with Crippen molar-refractivity contribution in [1.29, 1.82) is 0 Å². The Bertz CT molecular complexity index is 930.